The monoisotopic (exact) mass is 735 g/mol. The van der Waals surface area contributed by atoms with Crippen LogP contribution in [0.25, 0.3) is 39.1 Å². The molecule has 0 bridgehead atoms. The molecule has 0 unspecified atom stereocenters. The number of aromatic nitrogens is 6. The Morgan fingerprint density at radius 3 is 2.79 bits per heavy atom. The molecule has 16 heteroatoms. The largest absolute Gasteiger partial charge is 0.475 e. The number of nitrogens with zero attached hydrogens (tertiary/aromatic N) is 7. The number of fused-ring (bicyclic) bond motifs is 2. The van der Waals surface area contributed by atoms with Crippen molar-refractivity contribution in [1.82, 2.24) is 35.0 Å². The van der Waals surface area contributed by atoms with E-state index in [-0.39, 0.29) is 70.5 Å². The van der Waals surface area contributed by atoms with Gasteiger partial charge >= 0.3 is 12.2 Å². The van der Waals surface area contributed by atoms with E-state index in [0.29, 0.717) is 18.5 Å². The van der Waals surface area contributed by atoms with Crippen LogP contribution in [-0.4, -0.2) is 79.1 Å². The van der Waals surface area contributed by atoms with Crippen LogP contribution in [0.1, 0.15) is 68.3 Å². The lowest BCUT2D eigenvalue weighted by Gasteiger charge is -2.35. The van der Waals surface area contributed by atoms with Crippen molar-refractivity contribution in [3.63, 3.8) is 0 Å². The number of H-pyrrole nitrogens is 1. The van der Waals surface area contributed by atoms with Crippen LogP contribution in [0.15, 0.2) is 30.6 Å². The highest BCUT2D eigenvalue weighted by molar-refractivity contribution is 6.02. The number of hydrogen-bond acceptors (Lipinski definition) is 10. The zero-order valence-corrected chi connectivity index (χ0v) is 29.6. The summed E-state index contributed by atoms with van der Waals surface area (Å²) < 4.78 is 88.8. The Bertz CT molecular complexity index is 2280. The number of benzene rings is 1. The second-order valence-corrected chi connectivity index (χ2v) is 14.3. The molecule has 0 aliphatic carbocycles. The van der Waals surface area contributed by atoms with Crippen molar-refractivity contribution in [2.75, 3.05) is 36.9 Å². The minimum absolute atomic E-state index is 0.00295. The number of rotatable bonds is 7. The first-order valence-electron chi connectivity index (χ1n) is 17.6. The molecule has 278 valence electrons. The number of anilines is 2. The van der Waals surface area contributed by atoms with Crippen LogP contribution in [0.5, 0.6) is 11.9 Å². The van der Waals surface area contributed by atoms with E-state index in [1.165, 1.54) is 19.2 Å². The molecule has 3 aliphatic rings. The molecule has 3 aliphatic heterocycles. The summed E-state index contributed by atoms with van der Waals surface area (Å²) in [6, 6.07) is 2.04. The van der Waals surface area contributed by atoms with Gasteiger partial charge in [-0.2, -0.15) is 28.2 Å². The number of alkyl halides is 4. The average molecular weight is 736 g/mol. The number of aromatic amines is 1. The normalized spacial score (nSPS) is 22.5. The quantitative estimate of drug-likeness (QED) is 0.164. The molecule has 4 atom stereocenters. The molecule has 11 nitrogen and oxygen atoms in total. The molecule has 2 fully saturated rings. The van der Waals surface area contributed by atoms with Crippen molar-refractivity contribution < 1.29 is 31.4 Å². The standard InChI is InChI=1S/C37H38F5N9O2/c1-5-7-21-11-23(32(43)44-13-21)20(4)51-19(3)16-52-34-27-31(47-35(48-33(27)51)53-17-36-8-6-9-50(36)15-22(38)12-36)29(39)30(46-34)26-24-14-45-49-25(24)10-18(2)28(26)37(40,41)42/h5,7,10-11,13-14,19-20,22H,6,8-9,12,15-17H2,1-4H3,(H2,43,44)(H,45,49)/t19-,20+,22+,36-/m0/s1. The first-order valence-corrected chi connectivity index (χ1v) is 17.6. The van der Waals surface area contributed by atoms with Gasteiger partial charge in [-0.1, -0.05) is 12.2 Å². The number of aryl methyl sites for hydroxylation is 1. The van der Waals surface area contributed by atoms with Gasteiger partial charge in [-0.15, -0.1) is 0 Å². The lowest BCUT2D eigenvalue weighted by Crippen LogP contribution is -2.43. The molecule has 2 saturated heterocycles. The molecule has 0 amide bonds. The molecule has 53 heavy (non-hydrogen) atoms. The fraction of sp³-hybridized carbons (Fsp3) is 0.432. The van der Waals surface area contributed by atoms with E-state index in [1.54, 1.807) is 6.20 Å². The summed E-state index contributed by atoms with van der Waals surface area (Å²) in [4.78, 5) is 22.2. The summed E-state index contributed by atoms with van der Waals surface area (Å²) in [5.41, 5.74) is 4.94. The Morgan fingerprint density at radius 1 is 1.21 bits per heavy atom. The zero-order valence-electron chi connectivity index (χ0n) is 29.6. The Balaban J connectivity index is 1.36. The van der Waals surface area contributed by atoms with Crippen LogP contribution in [0.4, 0.5) is 33.6 Å². The van der Waals surface area contributed by atoms with Crippen LogP contribution in [0.2, 0.25) is 0 Å². The lowest BCUT2D eigenvalue weighted by molar-refractivity contribution is -0.137. The maximum Gasteiger partial charge on any atom is 0.417 e. The van der Waals surface area contributed by atoms with Gasteiger partial charge in [-0.25, -0.2) is 18.7 Å². The molecule has 8 rings (SSSR count). The predicted molar refractivity (Wildman–Crippen MR) is 190 cm³/mol. The van der Waals surface area contributed by atoms with Crippen molar-refractivity contribution in [3.8, 4) is 23.1 Å². The van der Waals surface area contributed by atoms with E-state index >= 15 is 4.39 Å². The maximum absolute atomic E-state index is 17.3. The first-order chi connectivity index (χ1) is 25.3. The Labute approximate surface area is 301 Å². The van der Waals surface area contributed by atoms with Crippen LogP contribution in [-0.2, 0) is 6.18 Å². The molecule has 0 spiro atoms. The molecule has 3 N–H and O–H groups in total. The van der Waals surface area contributed by atoms with Crippen molar-refractivity contribution in [2.24, 2.45) is 0 Å². The van der Waals surface area contributed by atoms with Crippen LogP contribution >= 0.6 is 0 Å². The first kappa shape index (κ1) is 34.9. The number of ether oxygens (including phenoxy) is 2. The topological polar surface area (TPSA) is 131 Å². The summed E-state index contributed by atoms with van der Waals surface area (Å²) in [6.45, 7) is 8.02. The molecule has 7 heterocycles. The van der Waals surface area contributed by atoms with E-state index in [2.05, 4.69) is 30.0 Å². The van der Waals surface area contributed by atoms with Crippen molar-refractivity contribution in [2.45, 2.75) is 76.9 Å². The van der Waals surface area contributed by atoms with Gasteiger partial charge in [0.15, 0.2) is 5.82 Å². The Morgan fingerprint density at radius 2 is 2.02 bits per heavy atom. The lowest BCUT2D eigenvalue weighted by atomic mass is 9.94. The fourth-order valence-corrected chi connectivity index (χ4v) is 8.44. The van der Waals surface area contributed by atoms with E-state index in [4.69, 9.17) is 20.2 Å². The Kier molecular flexibility index (Phi) is 8.42. The average Bonchev–Trinajstić information content (AvgIpc) is 3.78. The van der Waals surface area contributed by atoms with Gasteiger partial charge in [0.25, 0.3) is 0 Å². The van der Waals surface area contributed by atoms with Gasteiger partial charge in [0.1, 0.15) is 47.6 Å². The minimum Gasteiger partial charge on any atom is -0.475 e. The van der Waals surface area contributed by atoms with Gasteiger partial charge < -0.3 is 20.1 Å². The molecule has 1 aromatic carbocycles. The van der Waals surface area contributed by atoms with E-state index in [0.717, 1.165) is 18.5 Å². The summed E-state index contributed by atoms with van der Waals surface area (Å²) in [7, 11) is 0. The second-order valence-electron chi connectivity index (χ2n) is 14.3. The van der Waals surface area contributed by atoms with Gasteiger partial charge in [0.2, 0.25) is 5.88 Å². The van der Waals surface area contributed by atoms with Crippen LogP contribution < -0.4 is 20.1 Å². The second kappa shape index (κ2) is 12.8. The van der Waals surface area contributed by atoms with Crippen LogP contribution in [0.3, 0.4) is 0 Å². The third kappa shape index (κ3) is 5.77. The van der Waals surface area contributed by atoms with E-state index in [9.17, 15) is 17.6 Å². The summed E-state index contributed by atoms with van der Waals surface area (Å²) >= 11 is 0. The SMILES string of the molecule is CC=Cc1cnc(N)c([C@@H](C)N2c3nc(OC[C@@]45CCCN4C[C@H](F)C5)nc4c(F)c(-c5c(C(F)(F)F)c(C)cc6[nH]ncc56)nc(c34)OC[C@@H]2C)c1. The highest BCUT2D eigenvalue weighted by Gasteiger charge is 2.49. The van der Waals surface area contributed by atoms with Gasteiger partial charge in [0, 0.05) is 35.7 Å². The number of allylic oxidation sites excluding steroid dienone is 1. The number of pyridine rings is 2. The molecule has 0 saturated carbocycles. The number of halogens is 5. The highest BCUT2D eigenvalue weighted by Crippen LogP contribution is 2.48. The zero-order chi connectivity index (χ0) is 37.4. The fourth-order valence-electron chi connectivity index (χ4n) is 8.44. The van der Waals surface area contributed by atoms with E-state index in [1.807, 2.05) is 43.9 Å². The molecule has 5 aromatic rings. The highest BCUT2D eigenvalue weighted by atomic mass is 19.4. The molecule has 0 radical (unpaired) electrons. The predicted octanol–water partition coefficient (Wildman–Crippen LogP) is 7.35. The third-order valence-corrected chi connectivity index (χ3v) is 10.8. The van der Waals surface area contributed by atoms with Crippen LogP contribution in [0, 0.1) is 12.7 Å². The van der Waals surface area contributed by atoms with Gasteiger partial charge in [0.05, 0.1) is 34.9 Å². The van der Waals surface area contributed by atoms with Gasteiger partial charge in [-0.3, -0.25) is 10.00 Å². The minimum atomic E-state index is -4.87. The number of hydrogen-bond donors (Lipinski definition) is 2. The van der Waals surface area contributed by atoms with Crippen molar-refractivity contribution in [3.05, 3.63) is 58.7 Å². The Hall–Kier alpha value is -5.12. The third-order valence-electron chi connectivity index (χ3n) is 10.8. The summed E-state index contributed by atoms with van der Waals surface area (Å²) in [5, 5.41) is 6.72. The van der Waals surface area contributed by atoms with Crippen molar-refractivity contribution in [1.29, 1.82) is 0 Å². The number of nitrogens with one attached hydrogen (secondary N) is 1. The maximum atomic E-state index is 17.3. The van der Waals surface area contributed by atoms with E-state index < -0.39 is 52.6 Å². The summed E-state index contributed by atoms with van der Waals surface area (Å²) in [5.74, 6) is -0.801. The molecular weight excluding hydrogens is 697 g/mol. The number of nitrogens with two attached hydrogens (primary N) is 1. The van der Waals surface area contributed by atoms with Gasteiger partial charge in [-0.05, 0) is 70.3 Å². The number of nitrogen functional groups attached to an aromatic ring is 1. The summed E-state index contributed by atoms with van der Waals surface area (Å²) in [6.07, 6.45) is 2.59. The molecule has 4 aromatic heterocycles. The molecular formula is C37H38F5N9O2. The smallest absolute Gasteiger partial charge is 0.417 e. The van der Waals surface area contributed by atoms with Crippen molar-refractivity contribution >= 4 is 39.5 Å².